The molecule has 0 bridgehead atoms. The number of benzene rings is 2. The molecule has 0 atom stereocenters. The molecule has 0 spiro atoms. The van der Waals surface area contributed by atoms with E-state index in [1.165, 1.54) is 53.6 Å². The van der Waals surface area contributed by atoms with Crippen molar-refractivity contribution in [2.75, 3.05) is 13.2 Å². The fraction of sp³-hybridized carbons (Fsp3) is 0.419. The molecule has 7 nitrogen and oxygen atoms in total. The zero-order valence-electron chi connectivity index (χ0n) is 23.3. The molecule has 0 fully saturated rings. The summed E-state index contributed by atoms with van der Waals surface area (Å²) < 4.78 is 11.9. The minimum Gasteiger partial charge on any atom is -0.490 e. The number of amides is 1. The first kappa shape index (κ1) is 28.6. The fourth-order valence-corrected chi connectivity index (χ4v) is 5.32. The van der Waals surface area contributed by atoms with Gasteiger partial charge in [0.1, 0.15) is 29.8 Å². The number of nitrogens with one attached hydrogen (secondary N) is 1. The molecule has 1 N–H and O–H groups in total. The van der Waals surface area contributed by atoms with Crippen LogP contribution in [0.2, 0.25) is 0 Å². The number of thioether (sulfide) groups is 1. The lowest BCUT2D eigenvalue weighted by Gasteiger charge is -2.20. The summed E-state index contributed by atoms with van der Waals surface area (Å²) in [7, 11) is 0. The lowest BCUT2D eigenvalue weighted by molar-refractivity contribution is -0.114. The molecule has 0 unspecified atom stereocenters. The second kappa shape index (κ2) is 13.6. The van der Waals surface area contributed by atoms with Crippen LogP contribution in [-0.2, 0) is 4.79 Å². The number of carbonyl (C=O) groups is 1. The van der Waals surface area contributed by atoms with E-state index >= 15 is 0 Å². The molecule has 2 aliphatic heterocycles. The SMILES string of the molecule is CCCCCCCC1=NN2C(=N)/C(=C/c3ccc(OCCOc4cc(C)ccc4C(C)C)cc3)C(=O)N=C2S1. The topological polar surface area (TPSA) is 87.3 Å². The standard InChI is InChI=1S/C31H38N4O3S/c1-5-6-7-8-9-10-28-34-35-29(32)26(30(36)33-31(35)39-28)20-23-12-14-24(15-13-23)37-17-18-38-27-19-22(4)11-16-25(27)21(2)3/h11-16,19-21,32H,5-10,17-18H2,1-4H3/b26-20-,32-29?. The van der Waals surface area contributed by atoms with Crippen LogP contribution < -0.4 is 9.47 Å². The highest BCUT2D eigenvalue weighted by atomic mass is 32.2. The first-order valence-corrected chi connectivity index (χ1v) is 14.6. The summed E-state index contributed by atoms with van der Waals surface area (Å²) in [5, 5.41) is 16.0. The second-order valence-electron chi connectivity index (χ2n) is 10.1. The van der Waals surface area contributed by atoms with E-state index in [2.05, 4.69) is 56.0 Å². The third-order valence-electron chi connectivity index (χ3n) is 6.58. The third kappa shape index (κ3) is 7.60. The normalized spacial score (nSPS) is 16.0. The van der Waals surface area contributed by atoms with Crippen molar-refractivity contribution in [3.05, 3.63) is 64.7 Å². The number of fused-ring (bicyclic) bond motifs is 1. The van der Waals surface area contributed by atoms with Gasteiger partial charge in [-0.15, -0.1) is 0 Å². The van der Waals surface area contributed by atoms with Gasteiger partial charge < -0.3 is 9.47 Å². The summed E-state index contributed by atoms with van der Waals surface area (Å²) in [6.07, 6.45) is 8.45. The predicted molar refractivity (Wildman–Crippen MR) is 161 cm³/mol. The molecule has 0 saturated heterocycles. The van der Waals surface area contributed by atoms with Gasteiger partial charge in [0.2, 0.25) is 5.17 Å². The molecule has 2 heterocycles. The zero-order chi connectivity index (χ0) is 27.8. The van der Waals surface area contributed by atoms with Gasteiger partial charge in [0.15, 0.2) is 5.84 Å². The van der Waals surface area contributed by atoms with E-state index in [0.717, 1.165) is 29.2 Å². The summed E-state index contributed by atoms with van der Waals surface area (Å²) in [5.41, 5.74) is 3.38. The van der Waals surface area contributed by atoms with E-state index in [0.29, 0.717) is 30.0 Å². The van der Waals surface area contributed by atoms with Crippen LogP contribution in [0.25, 0.3) is 6.08 Å². The Morgan fingerprint density at radius 3 is 2.51 bits per heavy atom. The Kier molecular flexibility index (Phi) is 9.98. The maximum absolute atomic E-state index is 12.7. The van der Waals surface area contributed by atoms with Gasteiger partial charge in [0, 0.05) is 0 Å². The molecular weight excluding hydrogens is 508 g/mol. The van der Waals surface area contributed by atoms with Crippen molar-refractivity contribution in [3.63, 3.8) is 0 Å². The molecule has 0 aromatic heterocycles. The second-order valence-corrected chi connectivity index (χ2v) is 11.2. The molecule has 8 heteroatoms. The zero-order valence-corrected chi connectivity index (χ0v) is 24.1. The highest BCUT2D eigenvalue weighted by molar-refractivity contribution is 8.26. The molecule has 4 rings (SSSR count). The Morgan fingerprint density at radius 1 is 1.03 bits per heavy atom. The van der Waals surface area contributed by atoms with Gasteiger partial charge in [0.25, 0.3) is 5.91 Å². The van der Waals surface area contributed by atoms with Crippen LogP contribution in [0, 0.1) is 12.3 Å². The van der Waals surface area contributed by atoms with Gasteiger partial charge in [-0.05, 0) is 78.4 Å². The Balaban J connectivity index is 1.31. The Hall–Kier alpha value is -3.39. The number of rotatable bonds is 13. The highest BCUT2D eigenvalue weighted by Gasteiger charge is 2.35. The van der Waals surface area contributed by atoms with Crippen LogP contribution >= 0.6 is 11.8 Å². The molecular formula is C31H38N4O3S. The number of aliphatic imine (C=N–C) groups is 1. The third-order valence-corrected chi connectivity index (χ3v) is 7.55. The Bertz CT molecular complexity index is 1280. The van der Waals surface area contributed by atoms with Crippen molar-refractivity contribution < 1.29 is 14.3 Å². The summed E-state index contributed by atoms with van der Waals surface area (Å²) >= 11 is 1.40. The van der Waals surface area contributed by atoms with Gasteiger partial charge in [-0.2, -0.15) is 15.1 Å². The number of nitrogens with zero attached hydrogens (tertiary/aromatic N) is 3. The first-order chi connectivity index (χ1) is 18.9. The van der Waals surface area contributed by atoms with E-state index in [-0.39, 0.29) is 11.4 Å². The number of hydrazone groups is 1. The molecule has 0 radical (unpaired) electrons. The van der Waals surface area contributed by atoms with Crippen molar-refractivity contribution in [2.24, 2.45) is 10.1 Å². The van der Waals surface area contributed by atoms with Crippen LogP contribution in [-0.4, -0.2) is 40.2 Å². The highest BCUT2D eigenvalue weighted by Crippen LogP contribution is 2.31. The summed E-state index contributed by atoms with van der Waals surface area (Å²) in [4.78, 5) is 16.9. The smallest absolute Gasteiger partial charge is 0.283 e. The number of carbonyl (C=O) groups excluding carboxylic acids is 1. The molecule has 2 aliphatic rings. The molecule has 39 heavy (non-hydrogen) atoms. The largest absolute Gasteiger partial charge is 0.490 e. The van der Waals surface area contributed by atoms with Crippen LogP contribution in [0.4, 0.5) is 0 Å². The van der Waals surface area contributed by atoms with Crippen molar-refractivity contribution in [3.8, 4) is 11.5 Å². The van der Waals surface area contributed by atoms with Crippen molar-refractivity contribution in [1.82, 2.24) is 5.01 Å². The number of hydrogen-bond donors (Lipinski definition) is 1. The first-order valence-electron chi connectivity index (χ1n) is 13.8. The monoisotopic (exact) mass is 546 g/mol. The van der Waals surface area contributed by atoms with Crippen molar-refractivity contribution in [1.29, 1.82) is 5.41 Å². The van der Waals surface area contributed by atoms with Crippen LogP contribution in [0.5, 0.6) is 11.5 Å². The lowest BCUT2D eigenvalue weighted by Crippen LogP contribution is -2.35. The average Bonchev–Trinajstić information content (AvgIpc) is 3.32. The summed E-state index contributed by atoms with van der Waals surface area (Å²) in [5.74, 6) is 1.65. The minimum atomic E-state index is -0.410. The molecule has 2 aromatic rings. The molecule has 0 saturated carbocycles. The van der Waals surface area contributed by atoms with Gasteiger partial charge >= 0.3 is 0 Å². The number of hydrogen-bond acceptors (Lipinski definition) is 6. The lowest BCUT2D eigenvalue weighted by atomic mass is 10.0. The van der Waals surface area contributed by atoms with Crippen molar-refractivity contribution in [2.45, 2.75) is 72.1 Å². The van der Waals surface area contributed by atoms with Gasteiger partial charge in [-0.25, -0.2) is 0 Å². The maximum Gasteiger partial charge on any atom is 0.283 e. The number of aryl methyl sites for hydroxylation is 1. The Labute approximate surface area is 235 Å². The Morgan fingerprint density at radius 2 is 1.77 bits per heavy atom. The van der Waals surface area contributed by atoms with E-state index < -0.39 is 5.91 Å². The summed E-state index contributed by atoms with van der Waals surface area (Å²) in [6.45, 7) is 9.43. The van der Waals surface area contributed by atoms with E-state index in [1.807, 2.05) is 24.3 Å². The van der Waals surface area contributed by atoms with E-state index in [4.69, 9.17) is 14.9 Å². The molecule has 1 amide bonds. The van der Waals surface area contributed by atoms with Crippen LogP contribution in [0.1, 0.15) is 81.9 Å². The maximum atomic E-state index is 12.7. The predicted octanol–water partition coefficient (Wildman–Crippen LogP) is 7.56. The minimum absolute atomic E-state index is 0.0628. The van der Waals surface area contributed by atoms with Gasteiger partial charge in [0.05, 0.1) is 5.57 Å². The molecule has 2 aromatic carbocycles. The number of amidine groups is 2. The van der Waals surface area contributed by atoms with Crippen LogP contribution in [0.3, 0.4) is 0 Å². The summed E-state index contributed by atoms with van der Waals surface area (Å²) in [6, 6.07) is 13.7. The number of ether oxygens (including phenoxy) is 2. The van der Waals surface area contributed by atoms with Gasteiger partial charge in [-0.3, -0.25) is 10.2 Å². The quantitative estimate of drug-likeness (QED) is 0.207. The average molecular weight is 547 g/mol. The fourth-order valence-electron chi connectivity index (χ4n) is 4.39. The molecule has 206 valence electrons. The molecule has 0 aliphatic carbocycles. The van der Waals surface area contributed by atoms with E-state index in [9.17, 15) is 4.79 Å². The van der Waals surface area contributed by atoms with Gasteiger partial charge in [-0.1, -0.05) is 70.7 Å². The van der Waals surface area contributed by atoms with Crippen LogP contribution in [0.15, 0.2) is 58.1 Å². The van der Waals surface area contributed by atoms with E-state index in [1.54, 1.807) is 6.08 Å². The number of unbranched alkanes of at least 4 members (excludes halogenated alkanes) is 4. The van der Waals surface area contributed by atoms with Crippen molar-refractivity contribution >= 4 is 39.8 Å².